The Bertz CT molecular complexity index is 1180. The molecular weight excluding hydrogens is 362 g/mol. The number of benzene rings is 3. The molecule has 1 aromatic heterocycles. The van der Waals surface area contributed by atoms with Crippen LogP contribution in [0.4, 0.5) is 5.69 Å². The van der Waals surface area contributed by atoms with Gasteiger partial charge in [0.25, 0.3) is 5.91 Å². The fourth-order valence-electron chi connectivity index (χ4n) is 2.78. The topological polar surface area (TPSA) is 59.3 Å². The van der Waals surface area contributed by atoms with Crippen molar-refractivity contribution in [1.82, 2.24) is 0 Å². The molecule has 4 rings (SSSR count). The summed E-state index contributed by atoms with van der Waals surface area (Å²) in [6, 6.07) is 22.4. The van der Waals surface area contributed by atoms with Gasteiger partial charge in [0.1, 0.15) is 11.3 Å². The predicted octanol–water partition coefficient (Wildman–Crippen LogP) is 5.37. The van der Waals surface area contributed by atoms with Gasteiger partial charge in [-0.05, 0) is 54.6 Å². The Balaban J connectivity index is 1.68. The van der Waals surface area contributed by atoms with Gasteiger partial charge in [-0.15, -0.1) is 0 Å². The van der Waals surface area contributed by atoms with Crippen molar-refractivity contribution >= 4 is 34.2 Å². The van der Waals surface area contributed by atoms with E-state index < -0.39 is 0 Å². The number of carbonyl (C=O) groups excluding carboxylic acids is 1. The number of rotatable bonds is 3. The van der Waals surface area contributed by atoms with Crippen molar-refractivity contribution in [3.8, 4) is 11.3 Å². The Morgan fingerprint density at radius 3 is 2.37 bits per heavy atom. The summed E-state index contributed by atoms with van der Waals surface area (Å²) in [6.45, 7) is 0. The maximum Gasteiger partial charge on any atom is 0.255 e. The van der Waals surface area contributed by atoms with Crippen LogP contribution >= 0.6 is 11.6 Å². The molecule has 5 heteroatoms. The third-order valence-electron chi connectivity index (χ3n) is 4.15. The largest absolute Gasteiger partial charge is 0.456 e. The molecule has 0 fully saturated rings. The number of hydrogen-bond acceptors (Lipinski definition) is 3. The van der Waals surface area contributed by atoms with Crippen molar-refractivity contribution in [2.45, 2.75) is 0 Å². The van der Waals surface area contributed by atoms with Crippen molar-refractivity contribution in [2.24, 2.45) is 0 Å². The lowest BCUT2D eigenvalue weighted by atomic mass is 10.1. The summed E-state index contributed by atoms with van der Waals surface area (Å²) in [5.74, 6) is 0.224. The van der Waals surface area contributed by atoms with Gasteiger partial charge in [0.2, 0.25) is 0 Å². The van der Waals surface area contributed by atoms with Crippen LogP contribution in [0, 0.1) is 0 Å². The number of halogens is 1. The molecule has 1 amide bonds. The predicted molar refractivity (Wildman–Crippen MR) is 107 cm³/mol. The summed E-state index contributed by atoms with van der Waals surface area (Å²) in [7, 11) is 0. The molecule has 0 saturated carbocycles. The van der Waals surface area contributed by atoms with E-state index in [9.17, 15) is 9.59 Å². The van der Waals surface area contributed by atoms with Gasteiger partial charge in [-0.25, -0.2) is 0 Å². The van der Waals surface area contributed by atoms with Gasteiger partial charge < -0.3 is 9.73 Å². The Kier molecular flexibility index (Phi) is 4.48. The summed E-state index contributed by atoms with van der Waals surface area (Å²) in [5, 5.41) is 3.81. The van der Waals surface area contributed by atoms with Crippen LogP contribution in [0.3, 0.4) is 0 Å². The van der Waals surface area contributed by atoms with Gasteiger partial charge in [-0.1, -0.05) is 29.8 Å². The summed E-state index contributed by atoms with van der Waals surface area (Å²) < 4.78 is 5.86. The summed E-state index contributed by atoms with van der Waals surface area (Å²) in [5.41, 5.74) is 2.10. The van der Waals surface area contributed by atoms with E-state index in [-0.39, 0.29) is 11.3 Å². The molecule has 0 aliphatic carbocycles. The van der Waals surface area contributed by atoms with E-state index in [1.54, 1.807) is 66.7 Å². The van der Waals surface area contributed by atoms with Crippen LogP contribution in [-0.4, -0.2) is 5.91 Å². The first-order valence-corrected chi connectivity index (χ1v) is 8.68. The van der Waals surface area contributed by atoms with Gasteiger partial charge in [0.15, 0.2) is 5.43 Å². The van der Waals surface area contributed by atoms with E-state index >= 15 is 0 Å². The number of hydrogen-bond donors (Lipinski definition) is 1. The maximum absolute atomic E-state index is 12.5. The summed E-state index contributed by atoms with van der Waals surface area (Å²) in [4.78, 5) is 24.8. The van der Waals surface area contributed by atoms with E-state index in [2.05, 4.69) is 5.32 Å². The fraction of sp³-hybridized carbons (Fsp3) is 0. The molecule has 1 heterocycles. The highest BCUT2D eigenvalue weighted by Gasteiger charge is 2.10. The highest BCUT2D eigenvalue weighted by molar-refractivity contribution is 6.30. The number of anilines is 1. The second kappa shape index (κ2) is 7.09. The summed E-state index contributed by atoms with van der Waals surface area (Å²) in [6.07, 6.45) is 0. The van der Waals surface area contributed by atoms with Crippen LogP contribution in [0.15, 0.2) is 88.1 Å². The average Bonchev–Trinajstić information content (AvgIpc) is 2.69. The van der Waals surface area contributed by atoms with Crippen LogP contribution in [0.2, 0.25) is 5.02 Å². The smallest absolute Gasteiger partial charge is 0.255 e. The van der Waals surface area contributed by atoms with Crippen LogP contribution in [0.1, 0.15) is 10.4 Å². The highest BCUT2D eigenvalue weighted by atomic mass is 35.5. The molecule has 0 aliphatic heterocycles. The molecule has 4 aromatic rings. The average molecular weight is 376 g/mol. The third-order valence-corrected chi connectivity index (χ3v) is 4.40. The monoisotopic (exact) mass is 375 g/mol. The van der Waals surface area contributed by atoms with Crippen molar-refractivity contribution in [1.29, 1.82) is 0 Å². The second-order valence-electron chi connectivity index (χ2n) is 6.01. The van der Waals surface area contributed by atoms with Crippen LogP contribution in [0.5, 0.6) is 0 Å². The van der Waals surface area contributed by atoms with Crippen molar-refractivity contribution in [3.63, 3.8) is 0 Å². The fourth-order valence-corrected chi connectivity index (χ4v) is 2.91. The lowest BCUT2D eigenvalue weighted by molar-refractivity contribution is 0.102. The molecule has 0 spiro atoms. The standard InChI is InChI=1S/C22H14ClNO3/c23-16-8-6-14(7-9-16)21-13-19(25)18-12-17(10-11-20(18)27-21)24-22(26)15-4-2-1-3-5-15/h1-13H,(H,24,26). The number of nitrogens with one attached hydrogen (secondary N) is 1. The molecule has 0 saturated heterocycles. The molecule has 3 aromatic carbocycles. The molecule has 0 bridgehead atoms. The van der Waals surface area contributed by atoms with Gasteiger partial charge in [-0.2, -0.15) is 0 Å². The van der Waals surface area contributed by atoms with Crippen LogP contribution in [0.25, 0.3) is 22.3 Å². The molecule has 1 N–H and O–H groups in total. The lowest BCUT2D eigenvalue weighted by Crippen LogP contribution is -2.12. The van der Waals surface area contributed by atoms with Gasteiger partial charge in [0, 0.05) is 27.9 Å². The number of amides is 1. The first-order chi connectivity index (χ1) is 13.1. The van der Waals surface area contributed by atoms with E-state index in [0.29, 0.717) is 33.0 Å². The molecule has 4 nitrogen and oxygen atoms in total. The lowest BCUT2D eigenvalue weighted by Gasteiger charge is -2.07. The normalized spacial score (nSPS) is 10.7. The minimum Gasteiger partial charge on any atom is -0.456 e. The van der Waals surface area contributed by atoms with Crippen molar-refractivity contribution < 1.29 is 9.21 Å². The minimum atomic E-state index is -0.239. The summed E-state index contributed by atoms with van der Waals surface area (Å²) >= 11 is 5.90. The molecule has 132 valence electrons. The first-order valence-electron chi connectivity index (χ1n) is 8.30. The molecular formula is C22H14ClNO3. The van der Waals surface area contributed by atoms with Crippen molar-refractivity contribution in [2.75, 3.05) is 5.32 Å². The van der Waals surface area contributed by atoms with Crippen LogP contribution < -0.4 is 10.7 Å². The number of fused-ring (bicyclic) bond motifs is 1. The van der Waals surface area contributed by atoms with E-state index in [4.69, 9.17) is 16.0 Å². The van der Waals surface area contributed by atoms with E-state index in [1.165, 1.54) is 6.07 Å². The van der Waals surface area contributed by atoms with E-state index in [1.807, 2.05) is 6.07 Å². The quantitative estimate of drug-likeness (QED) is 0.524. The van der Waals surface area contributed by atoms with Gasteiger partial charge >= 0.3 is 0 Å². The van der Waals surface area contributed by atoms with E-state index in [0.717, 1.165) is 5.56 Å². The van der Waals surface area contributed by atoms with Gasteiger partial charge in [-0.3, -0.25) is 9.59 Å². The Labute approximate surface area is 160 Å². The third kappa shape index (κ3) is 3.61. The zero-order valence-electron chi connectivity index (χ0n) is 14.1. The Morgan fingerprint density at radius 2 is 1.63 bits per heavy atom. The number of carbonyl (C=O) groups is 1. The Hall–Kier alpha value is -3.37. The molecule has 27 heavy (non-hydrogen) atoms. The Morgan fingerprint density at radius 1 is 0.889 bits per heavy atom. The maximum atomic E-state index is 12.5. The molecule has 0 unspecified atom stereocenters. The van der Waals surface area contributed by atoms with Crippen LogP contribution in [-0.2, 0) is 0 Å². The molecule has 0 aliphatic rings. The van der Waals surface area contributed by atoms with Crippen molar-refractivity contribution in [3.05, 3.63) is 99.7 Å². The second-order valence-corrected chi connectivity index (χ2v) is 6.45. The minimum absolute atomic E-state index is 0.183. The molecule has 0 atom stereocenters. The first kappa shape index (κ1) is 17.1. The zero-order chi connectivity index (χ0) is 18.8. The molecule has 0 radical (unpaired) electrons. The van der Waals surface area contributed by atoms with Gasteiger partial charge in [0.05, 0.1) is 5.39 Å². The SMILES string of the molecule is O=C(Nc1ccc2oc(-c3ccc(Cl)cc3)cc(=O)c2c1)c1ccccc1. The highest BCUT2D eigenvalue weighted by Crippen LogP contribution is 2.25. The zero-order valence-corrected chi connectivity index (χ0v) is 14.9.